The lowest BCUT2D eigenvalue weighted by Gasteiger charge is -2.29. The zero-order valence-electron chi connectivity index (χ0n) is 18.6. The second-order valence-corrected chi connectivity index (χ2v) is 9.71. The molecule has 4 aliphatic rings. The standard InChI is InChI=1S/C24H21ClN4O6/c1-10-4-12-20(13(25)5-10)27-23(33)24(12)19-18(14(28-24)7-17(26)30)21(31)29(22(19)32)8-11-2-3-15-16(6-11)35-9-34-15/h2-6,14,18-19,28H,7-9H2,1H3,(H2,26,30)(H,27,33)/t14?,18-,19+,24?/m1/s1. The number of anilines is 1. The van der Waals surface area contributed by atoms with Crippen LogP contribution in [-0.2, 0) is 31.3 Å². The molecule has 4 atom stereocenters. The number of nitrogens with one attached hydrogen (secondary N) is 2. The van der Waals surface area contributed by atoms with Crippen LogP contribution in [0.2, 0.25) is 5.02 Å². The minimum Gasteiger partial charge on any atom is -0.454 e. The zero-order chi connectivity index (χ0) is 24.6. The van der Waals surface area contributed by atoms with E-state index in [0.717, 1.165) is 10.5 Å². The lowest BCUT2D eigenvalue weighted by atomic mass is 9.76. The van der Waals surface area contributed by atoms with Crippen molar-refractivity contribution in [2.24, 2.45) is 17.6 Å². The summed E-state index contributed by atoms with van der Waals surface area (Å²) in [5.74, 6) is -3.00. The average molecular weight is 497 g/mol. The SMILES string of the molecule is Cc1cc(Cl)c2c(c1)C1(NC(CC(N)=O)[C@H]3C(=O)N(Cc4ccc5c(c4)OCO5)C(=O)[C@H]31)C(=O)N2. The van der Waals surface area contributed by atoms with Crippen molar-refractivity contribution in [2.75, 3.05) is 12.1 Å². The van der Waals surface area contributed by atoms with Crippen LogP contribution in [0.1, 0.15) is 23.1 Å². The van der Waals surface area contributed by atoms with Gasteiger partial charge in [-0.05, 0) is 36.2 Å². The highest BCUT2D eigenvalue weighted by Gasteiger charge is 2.70. The number of hydrogen-bond donors (Lipinski definition) is 3. The summed E-state index contributed by atoms with van der Waals surface area (Å²) in [4.78, 5) is 54.0. The van der Waals surface area contributed by atoms with Crippen molar-refractivity contribution in [3.63, 3.8) is 0 Å². The monoisotopic (exact) mass is 496 g/mol. The van der Waals surface area contributed by atoms with Crippen molar-refractivity contribution in [1.29, 1.82) is 0 Å². The molecule has 180 valence electrons. The topological polar surface area (TPSA) is 140 Å². The van der Waals surface area contributed by atoms with E-state index < -0.39 is 47.0 Å². The van der Waals surface area contributed by atoms with Crippen LogP contribution in [0.3, 0.4) is 0 Å². The number of primary amides is 1. The first-order chi connectivity index (χ1) is 16.7. The number of fused-ring (bicyclic) bond motifs is 5. The Bertz CT molecular complexity index is 1350. The van der Waals surface area contributed by atoms with Gasteiger partial charge in [0.05, 0.1) is 29.1 Å². The van der Waals surface area contributed by atoms with Crippen LogP contribution < -0.4 is 25.8 Å². The van der Waals surface area contributed by atoms with Gasteiger partial charge in [0.1, 0.15) is 5.54 Å². The molecule has 35 heavy (non-hydrogen) atoms. The molecule has 2 saturated heterocycles. The molecule has 2 fully saturated rings. The van der Waals surface area contributed by atoms with Gasteiger partial charge in [0.2, 0.25) is 30.4 Å². The predicted octanol–water partition coefficient (Wildman–Crippen LogP) is 1.17. The third-order valence-corrected chi connectivity index (χ3v) is 7.51. The smallest absolute Gasteiger partial charge is 0.250 e. The fourth-order valence-corrected chi connectivity index (χ4v) is 6.14. The number of carbonyl (C=O) groups excluding carboxylic acids is 4. The molecule has 0 bridgehead atoms. The summed E-state index contributed by atoms with van der Waals surface area (Å²) in [5.41, 5.74) is 6.26. The Kier molecular flexibility index (Phi) is 4.64. The Morgan fingerprint density at radius 1 is 1.17 bits per heavy atom. The molecule has 4 aliphatic heterocycles. The Morgan fingerprint density at radius 2 is 1.94 bits per heavy atom. The van der Waals surface area contributed by atoms with Gasteiger partial charge < -0.3 is 20.5 Å². The van der Waals surface area contributed by atoms with Crippen molar-refractivity contribution in [3.8, 4) is 11.5 Å². The highest BCUT2D eigenvalue weighted by atomic mass is 35.5. The maximum atomic E-state index is 13.8. The number of carbonyl (C=O) groups is 4. The van der Waals surface area contributed by atoms with Crippen molar-refractivity contribution < 1.29 is 28.7 Å². The molecule has 0 aromatic heterocycles. The molecule has 4 heterocycles. The molecular formula is C24H21ClN4O6. The Morgan fingerprint density at radius 3 is 2.71 bits per heavy atom. The summed E-state index contributed by atoms with van der Waals surface area (Å²) in [7, 11) is 0. The van der Waals surface area contributed by atoms with Crippen molar-refractivity contribution >= 4 is 40.9 Å². The van der Waals surface area contributed by atoms with Gasteiger partial charge in [-0.1, -0.05) is 23.7 Å². The van der Waals surface area contributed by atoms with E-state index in [1.54, 1.807) is 30.3 Å². The van der Waals surface area contributed by atoms with E-state index in [0.29, 0.717) is 33.3 Å². The number of aryl methyl sites for hydroxylation is 1. The summed E-state index contributed by atoms with van der Waals surface area (Å²) in [6.45, 7) is 1.91. The van der Waals surface area contributed by atoms with Crippen LogP contribution in [0.5, 0.6) is 11.5 Å². The number of rotatable bonds is 4. The predicted molar refractivity (Wildman–Crippen MR) is 122 cm³/mol. The molecule has 2 unspecified atom stereocenters. The van der Waals surface area contributed by atoms with Gasteiger partial charge >= 0.3 is 0 Å². The number of ether oxygens (including phenoxy) is 2. The van der Waals surface area contributed by atoms with Crippen LogP contribution in [0.4, 0.5) is 5.69 Å². The van der Waals surface area contributed by atoms with Crippen LogP contribution >= 0.6 is 11.6 Å². The number of imide groups is 1. The molecule has 6 rings (SSSR count). The molecular weight excluding hydrogens is 476 g/mol. The summed E-state index contributed by atoms with van der Waals surface area (Å²) in [5, 5.41) is 6.27. The van der Waals surface area contributed by atoms with Gasteiger partial charge in [0, 0.05) is 18.0 Å². The lowest BCUT2D eigenvalue weighted by molar-refractivity contribution is -0.143. The molecule has 11 heteroatoms. The van der Waals surface area contributed by atoms with E-state index in [4.69, 9.17) is 26.8 Å². The number of benzene rings is 2. The first kappa shape index (κ1) is 21.9. The van der Waals surface area contributed by atoms with E-state index in [1.165, 1.54) is 0 Å². The van der Waals surface area contributed by atoms with Crippen molar-refractivity contribution in [1.82, 2.24) is 10.2 Å². The maximum absolute atomic E-state index is 13.8. The molecule has 0 aliphatic carbocycles. The van der Waals surface area contributed by atoms with E-state index in [2.05, 4.69) is 10.6 Å². The molecule has 4 amide bonds. The first-order valence-electron chi connectivity index (χ1n) is 11.1. The number of likely N-dealkylation sites (tertiary alicyclic amines) is 1. The molecule has 1 spiro atoms. The third kappa shape index (κ3) is 2.99. The van der Waals surface area contributed by atoms with Crippen LogP contribution in [0.25, 0.3) is 0 Å². The Labute approximate surface area is 204 Å². The summed E-state index contributed by atoms with van der Waals surface area (Å²) < 4.78 is 10.7. The molecule has 2 aromatic carbocycles. The molecule has 0 radical (unpaired) electrons. The van der Waals surface area contributed by atoms with Crippen LogP contribution in [0, 0.1) is 18.8 Å². The largest absolute Gasteiger partial charge is 0.454 e. The van der Waals surface area contributed by atoms with E-state index >= 15 is 0 Å². The summed E-state index contributed by atoms with van der Waals surface area (Å²) in [6.07, 6.45) is -0.206. The van der Waals surface area contributed by atoms with Gasteiger partial charge in [-0.2, -0.15) is 0 Å². The van der Waals surface area contributed by atoms with Crippen LogP contribution in [-0.4, -0.2) is 41.4 Å². The highest BCUT2D eigenvalue weighted by Crippen LogP contribution is 2.55. The molecule has 10 nitrogen and oxygen atoms in total. The second kappa shape index (κ2) is 7.43. The van der Waals surface area contributed by atoms with Crippen molar-refractivity contribution in [2.45, 2.75) is 31.5 Å². The van der Waals surface area contributed by atoms with Gasteiger partial charge in [-0.15, -0.1) is 0 Å². The fraction of sp³-hybridized carbons (Fsp3) is 0.333. The molecule has 0 saturated carbocycles. The van der Waals surface area contributed by atoms with Gasteiger partial charge in [-0.25, -0.2) is 0 Å². The Hall–Kier alpha value is -3.63. The minimum absolute atomic E-state index is 0.0102. The number of nitrogens with two attached hydrogens (primary N) is 1. The van der Waals surface area contributed by atoms with Gasteiger partial charge in [0.15, 0.2) is 11.5 Å². The highest BCUT2D eigenvalue weighted by molar-refractivity contribution is 6.35. The minimum atomic E-state index is -1.55. The normalized spacial score (nSPS) is 28.0. The fourth-order valence-electron chi connectivity index (χ4n) is 5.82. The molecule has 2 aromatic rings. The zero-order valence-corrected chi connectivity index (χ0v) is 19.3. The quantitative estimate of drug-likeness (QED) is 0.540. The molecule has 4 N–H and O–H groups in total. The lowest BCUT2D eigenvalue weighted by Crippen LogP contribution is -2.53. The number of halogens is 1. The van der Waals surface area contributed by atoms with Crippen molar-refractivity contribution in [3.05, 3.63) is 52.0 Å². The Balaban J connectivity index is 1.44. The summed E-state index contributed by atoms with van der Waals surface area (Å²) >= 11 is 6.41. The average Bonchev–Trinajstić information content (AvgIpc) is 3.51. The van der Waals surface area contributed by atoms with Gasteiger partial charge in [0.25, 0.3) is 0 Å². The number of hydrogen-bond acceptors (Lipinski definition) is 7. The third-order valence-electron chi connectivity index (χ3n) is 7.21. The number of nitrogens with zero attached hydrogens (tertiary/aromatic N) is 1. The van der Waals surface area contributed by atoms with E-state index in [-0.39, 0.29) is 19.8 Å². The van der Waals surface area contributed by atoms with Crippen LogP contribution in [0.15, 0.2) is 30.3 Å². The maximum Gasteiger partial charge on any atom is 0.250 e. The van der Waals surface area contributed by atoms with Gasteiger partial charge in [-0.3, -0.25) is 29.4 Å². The second-order valence-electron chi connectivity index (χ2n) is 9.31. The first-order valence-corrected chi connectivity index (χ1v) is 11.5. The van der Waals surface area contributed by atoms with E-state index in [9.17, 15) is 19.2 Å². The summed E-state index contributed by atoms with van der Waals surface area (Å²) in [6, 6.07) is 7.86. The van der Waals surface area contributed by atoms with E-state index in [1.807, 2.05) is 6.92 Å². The number of amides is 4.